The summed E-state index contributed by atoms with van der Waals surface area (Å²) < 4.78 is 87.6. The first-order chi connectivity index (χ1) is 21.6. The minimum absolute atomic E-state index is 0.0848. The number of allylic oxidation sites excluding steroid dienone is 6. The maximum Gasteiger partial charge on any atom is 0.416 e. The van der Waals surface area contributed by atoms with Crippen LogP contribution in [0.25, 0.3) is 0 Å². The van der Waals surface area contributed by atoms with Gasteiger partial charge in [0.05, 0.1) is 35.3 Å². The van der Waals surface area contributed by atoms with E-state index in [9.17, 15) is 50.6 Å². The number of amides is 2. The molecule has 0 bridgehead atoms. The Balaban J connectivity index is 1.48. The molecule has 4 unspecified atom stereocenters. The second-order valence-corrected chi connectivity index (χ2v) is 11.6. The molecule has 1 N–H and O–H groups in total. The highest BCUT2D eigenvalue weighted by atomic mass is 19.4. The van der Waals surface area contributed by atoms with Crippen LogP contribution in [0, 0.1) is 17.8 Å². The van der Waals surface area contributed by atoms with Gasteiger partial charge < -0.3 is 9.84 Å². The third-order valence-electron chi connectivity index (χ3n) is 8.97. The highest BCUT2D eigenvalue weighted by molar-refractivity contribution is 6.25. The monoisotopic (exact) mass is 645 g/mol. The van der Waals surface area contributed by atoms with Gasteiger partial charge in [-0.15, -0.1) is 0 Å². The molecule has 2 aromatic rings. The van der Waals surface area contributed by atoms with E-state index in [2.05, 4.69) is 0 Å². The lowest BCUT2D eigenvalue weighted by atomic mass is 9.59. The lowest BCUT2D eigenvalue weighted by Crippen LogP contribution is -2.40. The van der Waals surface area contributed by atoms with Crippen molar-refractivity contribution in [3.63, 3.8) is 0 Å². The summed E-state index contributed by atoms with van der Waals surface area (Å²) in [5.41, 5.74) is -2.76. The average molecular weight is 646 g/mol. The fourth-order valence-electron chi connectivity index (χ4n) is 7.04. The zero-order valence-corrected chi connectivity index (χ0v) is 24.0. The minimum atomic E-state index is -5.20. The van der Waals surface area contributed by atoms with E-state index in [0.717, 1.165) is 0 Å². The number of hydrogen-bond donors (Lipinski definition) is 1. The molecule has 4 atom stereocenters. The summed E-state index contributed by atoms with van der Waals surface area (Å²) in [7, 11) is 0. The molecule has 46 heavy (non-hydrogen) atoms. The number of aliphatic hydroxyl groups is 1. The smallest absolute Gasteiger partial charge is 0.416 e. The van der Waals surface area contributed by atoms with E-state index in [0.29, 0.717) is 33.9 Å². The molecule has 0 spiro atoms. The van der Waals surface area contributed by atoms with Crippen LogP contribution in [0.4, 0.5) is 32.0 Å². The fraction of sp³-hybridized carbons (Fsp3) is 0.333. The summed E-state index contributed by atoms with van der Waals surface area (Å²) in [6.07, 6.45) is -7.79. The first-order valence-corrected chi connectivity index (χ1v) is 14.3. The van der Waals surface area contributed by atoms with Crippen LogP contribution in [-0.4, -0.2) is 41.7 Å². The number of carbonyl (C=O) groups is 4. The van der Waals surface area contributed by atoms with E-state index in [1.165, 1.54) is 13.0 Å². The van der Waals surface area contributed by atoms with Crippen molar-refractivity contribution in [1.29, 1.82) is 0 Å². The van der Waals surface area contributed by atoms with Gasteiger partial charge in [0, 0.05) is 28.2 Å². The van der Waals surface area contributed by atoms with Gasteiger partial charge in [-0.25, -0.2) is 4.90 Å². The van der Waals surface area contributed by atoms with Crippen LogP contribution in [0.1, 0.15) is 42.4 Å². The number of benzene rings is 2. The van der Waals surface area contributed by atoms with Gasteiger partial charge in [0.25, 0.3) is 0 Å². The first-order valence-electron chi connectivity index (χ1n) is 14.3. The molecular formula is C33H25F6NO6. The highest BCUT2D eigenvalue weighted by Crippen LogP contribution is 2.56. The number of carbonyl (C=O) groups excluding carboxylic acids is 4. The molecule has 3 aliphatic carbocycles. The van der Waals surface area contributed by atoms with Crippen molar-refractivity contribution in [2.75, 3.05) is 18.1 Å². The Morgan fingerprint density at radius 2 is 1.57 bits per heavy atom. The maximum atomic E-state index is 14.0. The number of para-hydroxylation sites is 1. The summed E-state index contributed by atoms with van der Waals surface area (Å²) in [5.74, 6) is -6.68. The number of Topliss-reactive ketones (excluding diaryl/α,β-unsaturated/α-hetero) is 1. The summed E-state index contributed by atoms with van der Waals surface area (Å²) in [5, 5.41) is 9.36. The molecule has 1 saturated heterocycles. The summed E-state index contributed by atoms with van der Waals surface area (Å²) >= 11 is 0. The third kappa shape index (κ3) is 5.06. The van der Waals surface area contributed by atoms with Crippen LogP contribution in [0.3, 0.4) is 0 Å². The fourth-order valence-corrected chi connectivity index (χ4v) is 7.04. The molecular weight excluding hydrogens is 620 g/mol. The number of ketones is 2. The normalized spacial score (nSPS) is 24.8. The SMILES string of the molecule is CC1=CC(=O)C2=C(C1=O)C(c1ccccc1OCCO)C1=CCC3C(=O)N(c4cc(C(F)(F)F)cc(C(F)(F)F)c4)C(=O)C3C1C2. The molecule has 13 heteroatoms. The van der Waals surface area contributed by atoms with Crippen molar-refractivity contribution >= 4 is 29.1 Å². The summed E-state index contributed by atoms with van der Waals surface area (Å²) in [6, 6.07) is 7.21. The molecule has 7 nitrogen and oxygen atoms in total. The number of alkyl halides is 6. The number of nitrogens with zero attached hydrogens (tertiary/aromatic N) is 1. The lowest BCUT2D eigenvalue weighted by Gasteiger charge is -2.42. The van der Waals surface area contributed by atoms with Gasteiger partial charge in [-0.05, 0) is 56.0 Å². The predicted molar refractivity (Wildman–Crippen MR) is 149 cm³/mol. The van der Waals surface area contributed by atoms with Crippen molar-refractivity contribution in [3.05, 3.63) is 93.6 Å². The van der Waals surface area contributed by atoms with E-state index < -0.39 is 76.2 Å². The zero-order chi connectivity index (χ0) is 33.3. The Labute approximate surface area is 257 Å². The topological polar surface area (TPSA) is 101 Å². The molecule has 2 aromatic carbocycles. The van der Waals surface area contributed by atoms with Gasteiger partial charge >= 0.3 is 12.4 Å². The van der Waals surface area contributed by atoms with Gasteiger partial charge in [-0.2, -0.15) is 26.3 Å². The zero-order valence-electron chi connectivity index (χ0n) is 24.0. The first kappa shape index (κ1) is 31.5. The number of hydrogen-bond acceptors (Lipinski definition) is 6. The average Bonchev–Trinajstić information content (AvgIpc) is 3.26. The van der Waals surface area contributed by atoms with Crippen LogP contribution in [-0.2, 0) is 31.5 Å². The number of anilines is 1. The van der Waals surface area contributed by atoms with Crippen LogP contribution >= 0.6 is 0 Å². The van der Waals surface area contributed by atoms with Crippen LogP contribution in [0.5, 0.6) is 5.75 Å². The van der Waals surface area contributed by atoms with Crippen molar-refractivity contribution < 1.29 is 55.4 Å². The van der Waals surface area contributed by atoms with Gasteiger partial charge in [0.2, 0.25) is 11.8 Å². The van der Waals surface area contributed by atoms with Crippen LogP contribution < -0.4 is 9.64 Å². The van der Waals surface area contributed by atoms with Crippen molar-refractivity contribution in [2.45, 2.75) is 38.0 Å². The van der Waals surface area contributed by atoms with Gasteiger partial charge in [-0.1, -0.05) is 29.8 Å². The summed E-state index contributed by atoms with van der Waals surface area (Å²) in [6.45, 7) is 1.08. The number of fused-ring (bicyclic) bond motifs is 3. The largest absolute Gasteiger partial charge is 0.491 e. The number of rotatable bonds is 5. The molecule has 1 fully saturated rings. The third-order valence-corrected chi connectivity index (χ3v) is 8.97. The molecule has 1 heterocycles. The van der Waals surface area contributed by atoms with Gasteiger partial charge in [-0.3, -0.25) is 19.2 Å². The van der Waals surface area contributed by atoms with E-state index in [1.54, 1.807) is 30.3 Å². The number of halogens is 6. The van der Waals surface area contributed by atoms with Crippen LogP contribution in [0.2, 0.25) is 0 Å². The molecule has 1 aliphatic heterocycles. The second-order valence-electron chi connectivity index (χ2n) is 11.6. The lowest BCUT2D eigenvalue weighted by molar-refractivity contribution is -0.143. The summed E-state index contributed by atoms with van der Waals surface area (Å²) in [4.78, 5) is 55.0. The molecule has 240 valence electrons. The molecule has 0 saturated carbocycles. The second kappa shape index (κ2) is 11.1. The Morgan fingerprint density at radius 1 is 0.913 bits per heavy atom. The van der Waals surface area contributed by atoms with Gasteiger partial charge in [0.15, 0.2) is 11.6 Å². The Bertz CT molecular complexity index is 1750. The maximum absolute atomic E-state index is 14.0. The Morgan fingerprint density at radius 3 is 2.20 bits per heavy atom. The molecule has 6 rings (SSSR count). The van der Waals surface area contributed by atoms with Crippen molar-refractivity contribution in [1.82, 2.24) is 0 Å². The van der Waals surface area contributed by atoms with E-state index >= 15 is 0 Å². The molecule has 0 aromatic heterocycles. The highest BCUT2D eigenvalue weighted by Gasteiger charge is 2.57. The van der Waals surface area contributed by atoms with Crippen molar-refractivity contribution in [2.24, 2.45) is 17.8 Å². The van der Waals surface area contributed by atoms with Crippen LogP contribution in [0.15, 0.2) is 76.9 Å². The van der Waals surface area contributed by atoms with E-state index in [1.807, 2.05) is 0 Å². The molecule has 2 amide bonds. The van der Waals surface area contributed by atoms with E-state index in [-0.39, 0.29) is 48.8 Å². The van der Waals surface area contributed by atoms with E-state index in [4.69, 9.17) is 4.74 Å². The standard InChI is InChI=1S/C33H25F6NO6/c1-15-10-24(42)23-14-22-19(26(28(23)29(15)43)20-4-2-3-5-25(20)46-9-8-41)6-7-21-27(22)31(45)40(30(21)44)18-12-16(32(34,35)36)11-17(13-18)33(37,38)39/h2-6,10-13,21-22,26-27,41H,7-9,14H2,1H3. The number of imide groups is 1. The molecule has 4 aliphatic rings. The quantitative estimate of drug-likeness (QED) is 0.193. The Hall–Kier alpha value is -4.52. The predicted octanol–water partition coefficient (Wildman–Crippen LogP) is 5.73. The Kier molecular flexibility index (Phi) is 7.57. The number of aliphatic hydroxyl groups excluding tert-OH is 1. The minimum Gasteiger partial charge on any atom is -0.491 e. The van der Waals surface area contributed by atoms with Gasteiger partial charge in [0.1, 0.15) is 12.4 Å². The van der Waals surface area contributed by atoms with Crippen molar-refractivity contribution in [3.8, 4) is 5.75 Å². The molecule has 0 radical (unpaired) electrons. The number of ether oxygens (including phenoxy) is 1.